The van der Waals surface area contributed by atoms with Crippen LogP contribution in [0.3, 0.4) is 0 Å². The summed E-state index contributed by atoms with van der Waals surface area (Å²) in [5.74, 6) is 0.434. The first-order valence-corrected chi connectivity index (χ1v) is 8.39. The first kappa shape index (κ1) is 15.5. The lowest BCUT2D eigenvalue weighted by Crippen LogP contribution is -2.44. The van der Waals surface area contributed by atoms with Crippen LogP contribution in [0.15, 0.2) is 54.7 Å². The van der Waals surface area contributed by atoms with Gasteiger partial charge in [-0.2, -0.15) is 5.10 Å². The third kappa shape index (κ3) is 3.42. The zero-order valence-electron chi connectivity index (χ0n) is 13.7. The fourth-order valence-corrected chi connectivity index (χ4v) is 3.09. The van der Waals surface area contributed by atoms with E-state index in [1.54, 1.807) is 24.4 Å². The highest BCUT2D eigenvalue weighted by molar-refractivity contribution is 5.95. The summed E-state index contributed by atoms with van der Waals surface area (Å²) in [4.78, 5) is 19.1. The average Bonchev–Trinajstić information content (AvgIpc) is 2.68. The number of amides is 1. The van der Waals surface area contributed by atoms with Crippen LogP contribution in [0, 0.1) is 0 Å². The maximum absolute atomic E-state index is 12.8. The van der Waals surface area contributed by atoms with Gasteiger partial charge in [-0.15, -0.1) is 5.10 Å². The summed E-state index contributed by atoms with van der Waals surface area (Å²) in [5.41, 5.74) is 1.30. The summed E-state index contributed by atoms with van der Waals surface area (Å²) in [6.45, 7) is 1.25. The number of benzene rings is 1. The third-order valence-corrected chi connectivity index (χ3v) is 4.32. The topological polar surface area (TPSA) is 68.2 Å². The van der Waals surface area contributed by atoms with Crippen LogP contribution in [-0.4, -0.2) is 45.2 Å². The normalized spacial score (nSPS) is 17.4. The Hall–Kier alpha value is -3.02. The van der Waals surface area contributed by atoms with Crippen molar-refractivity contribution in [2.24, 2.45) is 0 Å². The fourth-order valence-electron chi connectivity index (χ4n) is 3.09. The molecule has 0 bridgehead atoms. The molecule has 0 radical (unpaired) electrons. The lowest BCUT2D eigenvalue weighted by molar-refractivity contribution is 0.0521. The zero-order chi connectivity index (χ0) is 17.1. The molecule has 1 aliphatic heterocycles. The molecule has 0 N–H and O–H groups in total. The zero-order valence-corrected chi connectivity index (χ0v) is 13.7. The molecule has 1 saturated heterocycles. The first-order valence-electron chi connectivity index (χ1n) is 8.39. The molecule has 6 heteroatoms. The van der Waals surface area contributed by atoms with Crippen molar-refractivity contribution in [2.75, 3.05) is 13.1 Å². The number of para-hydroxylation sites is 1. The monoisotopic (exact) mass is 334 g/mol. The highest BCUT2D eigenvalue weighted by Crippen LogP contribution is 2.19. The van der Waals surface area contributed by atoms with Crippen LogP contribution in [0.5, 0.6) is 5.88 Å². The van der Waals surface area contributed by atoms with Gasteiger partial charge in [0.2, 0.25) is 5.88 Å². The maximum Gasteiger partial charge on any atom is 0.272 e. The van der Waals surface area contributed by atoms with E-state index in [1.165, 1.54) is 0 Å². The lowest BCUT2D eigenvalue weighted by Gasteiger charge is -2.32. The summed E-state index contributed by atoms with van der Waals surface area (Å²) < 4.78 is 5.85. The molecule has 0 aliphatic carbocycles. The largest absolute Gasteiger partial charge is 0.471 e. The number of carbonyl (C=O) groups is 1. The van der Waals surface area contributed by atoms with Gasteiger partial charge in [0.1, 0.15) is 11.8 Å². The molecule has 1 amide bonds. The van der Waals surface area contributed by atoms with Gasteiger partial charge in [-0.3, -0.25) is 4.79 Å². The van der Waals surface area contributed by atoms with Gasteiger partial charge in [0.05, 0.1) is 12.1 Å². The number of aromatic nitrogens is 3. The molecule has 1 atom stereocenters. The summed E-state index contributed by atoms with van der Waals surface area (Å²) in [7, 11) is 0. The Balaban J connectivity index is 1.49. The van der Waals surface area contributed by atoms with Crippen LogP contribution in [-0.2, 0) is 0 Å². The van der Waals surface area contributed by atoms with Crippen LogP contribution < -0.4 is 4.74 Å². The van der Waals surface area contributed by atoms with E-state index in [2.05, 4.69) is 15.2 Å². The molecule has 1 aromatic carbocycles. The maximum atomic E-state index is 12.8. The van der Waals surface area contributed by atoms with Gasteiger partial charge in [0, 0.05) is 24.2 Å². The number of likely N-dealkylation sites (tertiary alicyclic amines) is 1. The molecule has 6 nitrogen and oxygen atoms in total. The van der Waals surface area contributed by atoms with Gasteiger partial charge in [-0.1, -0.05) is 24.3 Å². The predicted molar refractivity (Wildman–Crippen MR) is 93.3 cm³/mol. The molecule has 126 valence electrons. The number of ether oxygens (including phenoxy) is 1. The molecule has 1 unspecified atom stereocenters. The number of nitrogens with zero attached hydrogens (tertiary/aromatic N) is 4. The molecule has 25 heavy (non-hydrogen) atoms. The van der Waals surface area contributed by atoms with Crippen LogP contribution in [0.25, 0.3) is 10.9 Å². The third-order valence-electron chi connectivity index (χ3n) is 4.32. The van der Waals surface area contributed by atoms with E-state index in [1.807, 2.05) is 35.2 Å². The summed E-state index contributed by atoms with van der Waals surface area (Å²) in [6.07, 6.45) is 3.32. The highest BCUT2D eigenvalue weighted by Gasteiger charge is 2.26. The van der Waals surface area contributed by atoms with Crippen molar-refractivity contribution in [2.45, 2.75) is 18.9 Å². The second-order valence-corrected chi connectivity index (χ2v) is 6.08. The van der Waals surface area contributed by atoms with Crippen molar-refractivity contribution in [1.82, 2.24) is 20.1 Å². The minimum Gasteiger partial charge on any atom is -0.471 e. The number of pyridine rings is 1. The first-order chi connectivity index (χ1) is 12.3. The average molecular weight is 334 g/mol. The quantitative estimate of drug-likeness (QED) is 0.737. The Kier molecular flexibility index (Phi) is 4.24. The lowest BCUT2D eigenvalue weighted by atomic mass is 10.1. The number of carbonyl (C=O) groups excluding carboxylic acids is 1. The molecular formula is C19H18N4O2. The highest BCUT2D eigenvalue weighted by atomic mass is 16.5. The van der Waals surface area contributed by atoms with Crippen LogP contribution in [0.1, 0.15) is 23.3 Å². The molecule has 4 rings (SSSR count). The standard InChI is InChI=1S/C19H18N4O2/c24-19(17-10-9-14-5-1-2-7-16(14)21-17)23-12-4-6-15(13-23)25-18-8-3-11-20-22-18/h1-3,5,7-11,15H,4,6,12-13H2. The molecule has 0 saturated carbocycles. The Morgan fingerprint density at radius 3 is 2.92 bits per heavy atom. The van der Waals surface area contributed by atoms with Crippen LogP contribution in [0.2, 0.25) is 0 Å². The van der Waals surface area contributed by atoms with E-state index < -0.39 is 0 Å². The number of hydrogen-bond acceptors (Lipinski definition) is 5. The van der Waals surface area contributed by atoms with E-state index >= 15 is 0 Å². The van der Waals surface area contributed by atoms with Crippen molar-refractivity contribution in [3.8, 4) is 5.88 Å². The molecule has 3 heterocycles. The molecular weight excluding hydrogens is 316 g/mol. The number of hydrogen-bond donors (Lipinski definition) is 0. The predicted octanol–water partition coefficient (Wildman–Crippen LogP) is 2.71. The Morgan fingerprint density at radius 1 is 1.12 bits per heavy atom. The van der Waals surface area contributed by atoms with Gasteiger partial charge >= 0.3 is 0 Å². The fraction of sp³-hybridized carbons (Fsp3) is 0.263. The number of fused-ring (bicyclic) bond motifs is 1. The van der Waals surface area contributed by atoms with E-state index in [9.17, 15) is 4.79 Å². The Bertz CT molecular complexity index is 885. The van der Waals surface area contributed by atoms with Crippen molar-refractivity contribution >= 4 is 16.8 Å². The van der Waals surface area contributed by atoms with Gasteiger partial charge < -0.3 is 9.64 Å². The van der Waals surface area contributed by atoms with E-state index in [0.29, 0.717) is 24.7 Å². The van der Waals surface area contributed by atoms with Crippen LogP contribution >= 0.6 is 0 Å². The smallest absolute Gasteiger partial charge is 0.272 e. The van der Waals surface area contributed by atoms with Gasteiger partial charge in [-0.25, -0.2) is 4.98 Å². The molecule has 1 aliphatic rings. The Morgan fingerprint density at radius 2 is 2.04 bits per heavy atom. The van der Waals surface area contributed by atoms with Gasteiger partial charge in [0.15, 0.2) is 0 Å². The van der Waals surface area contributed by atoms with Gasteiger partial charge in [-0.05, 0) is 31.0 Å². The van der Waals surface area contributed by atoms with Crippen LogP contribution in [0.4, 0.5) is 0 Å². The second-order valence-electron chi connectivity index (χ2n) is 6.08. The number of piperidine rings is 1. The van der Waals surface area contributed by atoms with Crippen molar-refractivity contribution < 1.29 is 9.53 Å². The van der Waals surface area contributed by atoms with Crippen molar-refractivity contribution in [3.05, 3.63) is 60.4 Å². The van der Waals surface area contributed by atoms with Crippen molar-refractivity contribution in [3.63, 3.8) is 0 Å². The summed E-state index contributed by atoms with van der Waals surface area (Å²) in [6, 6.07) is 15.1. The van der Waals surface area contributed by atoms with E-state index in [4.69, 9.17) is 4.74 Å². The SMILES string of the molecule is O=C(c1ccc2ccccc2n1)N1CCCC(Oc2cccnn2)C1. The summed E-state index contributed by atoms with van der Waals surface area (Å²) >= 11 is 0. The number of rotatable bonds is 3. The molecule has 2 aromatic heterocycles. The second kappa shape index (κ2) is 6.84. The summed E-state index contributed by atoms with van der Waals surface area (Å²) in [5, 5.41) is 8.79. The molecule has 1 fully saturated rings. The molecule has 0 spiro atoms. The van der Waals surface area contributed by atoms with E-state index in [0.717, 1.165) is 23.7 Å². The minimum absolute atomic E-state index is 0.0572. The van der Waals surface area contributed by atoms with E-state index in [-0.39, 0.29) is 12.0 Å². The van der Waals surface area contributed by atoms with Gasteiger partial charge in [0.25, 0.3) is 5.91 Å². The molecule has 3 aromatic rings. The van der Waals surface area contributed by atoms with Crippen molar-refractivity contribution in [1.29, 1.82) is 0 Å². The Labute approximate surface area is 145 Å². The minimum atomic E-state index is -0.0742.